The minimum absolute atomic E-state index is 0.121. The number of ether oxygens (including phenoxy) is 2. The molecule has 1 aromatic carbocycles. The number of hydrogen-bond donors (Lipinski definition) is 2. The molecule has 0 bridgehead atoms. The molecule has 1 aromatic heterocycles. The fourth-order valence-corrected chi connectivity index (χ4v) is 1.96. The molecule has 0 atom stereocenters. The first-order valence-electron chi connectivity index (χ1n) is 7.34. The van der Waals surface area contributed by atoms with Crippen LogP contribution in [0.1, 0.15) is 26.3 Å². The fraction of sp³-hybridized carbons (Fsp3) is 0.438. The zero-order valence-electron chi connectivity index (χ0n) is 14.2. The molecule has 0 amide bonds. The summed E-state index contributed by atoms with van der Waals surface area (Å²) in [7, 11) is 3.24. The van der Waals surface area contributed by atoms with Gasteiger partial charge in [0.05, 0.1) is 20.4 Å². The first-order valence-corrected chi connectivity index (χ1v) is 7.34. The van der Waals surface area contributed by atoms with Crippen LogP contribution in [0.15, 0.2) is 24.4 Å². The normalized spacial score (nSPS) is 11.0. The number of nitrogens with zero attached hydrogens (tertiary/aromatic N) is 3. The van der Waals surface area contributed by atoms with Gasteiger partial charge in [-0.25, -0.2) is 0 Å². The van der Waals surface area contributed by atoms with Crippen molar-refractivity contribution >= 4 is 11.8 Å². The summed E-state index contributed by atoms with van der Waals surface area (Å²) < 4.78 is 10.5. The third-order valence-corrected chi connectivity index (χ3v) is 2.97. The predicted molar refractivity (Wildman–Crippen MR) is 90.1 cm³/mol. The number of hydrogen-bond acceptors (Lipinski definition) is 7. The van der Waals surface area contributed by atoms with Crippen molar-refractivity contribution in [2.75, 3.05) is 24.9 Å². The molecule has 124 valence electrons. The lowest BCUT2D eigenvalue weighted by Crippen LogP contribution is -2.27. The monoisotopic (exact) mass is 317 g/mol. The molecule has 0 aliphatic heterocycles. The van der Waals surface area contributed by atoms with Crippen LogP contribution in [0.25, 0.3) is 0 Å². The van der Waals surface area contributed by atoms with Crippen molar-refractivity contribution in [3.63, 3.8) is 0 Å². The van der Waals surface area contributed by atoms with Gasteiger partial charge in [0.25, 0.3) is 0 Å². The quantitative estimate of drug-likeness (QED) is 0.847. The summed E-state index contributed by atoms with van der Waals surface area (Å²) in [4.78, 5) is 4.40. The van der Waals surface area contributed by atoms with Crippen molar-refractivity contribution in [2.45, 2.75) is 32.9 Å². The van der Waals surface area contributed by atoms with Crippen LogP contribution >= 0.6 is 0 Å². The number of aromatic nitrogens is 3. The number of anilines is 2. The highest BCUT2D eigenvalue weighted by Crippen LogP contribution is 2.27. The summed E-state index contributed by atoms with van der Waals surface area (Å²) in [5.74, 6) is 2.55. The summed E-state index contributed by atoms with van der Waals surface area (Å²) in [5.41, 5.74) is 0.926. The van der Waals surface area contributed by atoms with Gasteiger partial charge in [-0.05, 0) is 38.5 Å². The summed E-state index contributed by atoms with van der Waals surface area (Å²) in [6, 6.07) is 5.77. The van der Waals surface area contributed by atoms with Crippen molar-refractivity contribution in [2.24, 2.45) is 0 Å². The Hall–Kier alpha value is -2.57. The van der Waals surface area contributed by atoms with Gasteiger partial charge in [-0.1, -0.05) is 6.07 Å². The molecule has 0 aliphatic carbocycles. The van der Waals surface area contributed by atoms with E-state index < -0.39 is 0 Å². The maximum atomic E-state index is 5.30. The third-order valence-electron chi connectivity index (χ3n) is 2.97. The summed E-state index contributed by atoms with van der Waals surface area (Å²) in [5, 5.41) is 14.4. The van der Waals surface area contributed by atoms with E-state index in [2.05, 4.69) is 25.8 Å². The van der Waals surface area contributed by atoms with E-state index in [9.17, 15) is 0 Å². The van der Waals surface area contributed by atoms with Gasteiger partial charge in [-0.3, -0.25) is 0 Å². The van der Waals surface area contributed by atoms with Crippen LogP contribution in [0.5, 0.6) is 11.5 Å². The molecule has 0 radical (unpaired) electrons. The van der Waals surface area contributed by atoms with Crippen molar-refractivity contribution in [3.05, 3.63) is 30.0 Å². The van der Waals surface area contributed by atoms with E-state index in [1.807, 2.05) is 39.0 Å². The van der Waals surface area contributed by atoms with Gasteiger partial charge in [0.1, 0.15) is 0 Å². The zero-order valence-corrected chi connectivity index (χ0v) is 14.2. The topological polar surface area (TPSA) is 81.2 Å². The summed E-state index contributed by atoms with van der Waals surface area (Å²) >= 11 is 0. The SMILES string of the molecule is COc1ccc(CNc2cnnc(NC(C)(C)C)n2)cc1OC. The molecule has 2 N–H and O–H groups in total. The Bertz CT molecular complexity index is 655. The maximum absolute atomic E-state index is 5.30. The molecule has 0 aliphatic rings. The minimum atomic E-state index is -0.121. The molecule has 2 rings (SSSR count). The highest BCUT2D eigenvalue weighted by molar-refractivity contribution is 5.44. The Morgan fingerprint density at radius 3 is 2.48 bits per heavy atom. The second-order valence-corrected chi connectivity index (χ2v) is 6.08. The van der Waals surface area contributed by atoms with Gasteiger partial charge in [-0.2, -0.15) is 10.1 Å². The van der Waals surface area contributed by atoms with Gasteiger partial charge < -0.3 is 20.1 Å². The minimum Gasteiger partial charge on any atom is -0.493 e. The fourth-order valence-electron chi connectivity index (χ4n) is 1.96. The number of nitrogens with one attached hydrogen (secondary N) is 2. The largest absolute Gasteiger partial charge is 0.493 e. The van der Waals surface area contributed by atoms with Gasteiger partial charge in [0.2, 0.25) is 5.95 Å². The van der Waals surface area contributed by atoms with Crippen LogP contribution in [0.2, 0.25) is 0 Å². The molecule has 2 aromatic rings. The van der Waals surface area contributed by atoms with E-state index in [1.165, 1.54) is 0 Å². The number of methoxy groups -OCH3 is 2. The molecule has 0 spiro atoms. The molecular weight excluding hydrogens is 294 g/mol. The van der Waals surface area contributed by atoms with Crippen molar-refractivity contribution < 1.29 is 9.47 Å². The lowest BCUT2D eigenvalue weighted by molar-refractivity contribution is 0.354. The first kappa shape index (κ1) is 16.8. The summed E-state index contributed by atoms with van der Waals surface area (Å²) in [6.07, 6.45) is 1.59. The Morgan fingerprint density at radius 2 is 1.83 bits per heavy atom. The average molecular weight is 317 g/mol. The van der Waals surface area contributed by atoms with Gasteiger partial charge in [-0.15, -0.1) is 5.10 Å². The Kier molecular flexibility index (Phi) is 5.20. The van der Waals surface area contributed by atoms with Crippen LogP contribution in [-0.2, 0) is 6.54 Å². The second kappa shape index (κ2) is 7.13. The van der Waals surface area contributed by atoms with E-state index >= 15 is 0 Å². The summed E-state index contributed by atoms with van der Waals surface area (Å²) in [6.45, 7) is 6.72. The molecule has 7 heteroatoms. The highest BCUT2D eigenvalue weighted by atomic mass is 16.5. The lowest BCUT2D eigenvalue weighted by Gasteiger charge is -2.20. The molecular formula is C16H23N5O2. The molecule has 0 saturated carbocycles. The number of benzene rings is 1. The molecule has 7 nitrogen and oxygen atoms in total. The standard InChI is InChI=1S/C16H23N5O2/c1-16(2,3)20-15-19-14(10-18-21-15)17-9-11-6-7-12(22-4)13(8-11)23-5/h6-8,10H,9H2,1-5H3,(H2,17,19,20,21). The van der Waals surface area contributed by atoms with Crippen LogP contribution < -0.4 is 20.1 Å². The third kappa shape index (κ3) is 4.98. The molecule has 23 heavy (non-hydrogen) atoms. The van der Waals surface area contributed by atoms with E-state index in [0.717, 1.165) is 5.56 Å². The molecule has 0 unspecified atom stereocenters. The van der Waals surface area contributed by atoms with Crippen molar-refractivity contribution in [3.8, 4) is 11.5 Å². The highest BCUT2D eigenvalue weighted by Gasteiger charge is 2.12. The lowest BCUT2D eigenvalue weighted by atomic mass is 10.1. The molecule has 0 saturated heterocycles. The molecule has 0 fully saturated rings. The second-order valence-electron chi connectivity index (χ2n) is 6.08. The Morgan fingerprint density at radius 1 is 1.09 bits per heavy atom. The Labute approximate surface area is 136 Å². The van der Waals surface area contributed by atoms with Gasteiger partial charge >= 0.3 is 0 Å². The van der Waals surface area contributed by atoms with E-state index in [0.29, 0.717) is 29.8 Å². The van der Waals surface area contributed by atoms with E-state index in [4.69, 9.17) is 9.47 Å². The predicted octanol–water partition coefficient (Wildman–Crippen LogP) is 2.71. The van der Waals surface area contributed by atoms with Crippen molar-refractivity contribution in [1.82, 2.24) is 15.2 Å². The first-order chi connectivity index (χ1) is 10.9. The van der Waals surface area contributed by atoms with E-state index in [-0.39, 0.29) is 5.54 Å². The van der Waals surface area contributed by atoms with Crippen LogP contribution in [-0.4, -0.2) is 34.9 Å². The Balaban J connectivity index is 2.05. The molecule has 1 heterocycles. The maximum Gasteiger partial charge on any atom is 0.245 e. The van der Waals surface area contributed by atoms with Gasteiger partial charge in [0.15, 0.2) is 17.3 Å². The van der Waals surface area contributed by atoms with Crippen LogP contribution in [0.3, 0.4) is 0 Å². The smallest absolute Gasteiger partial charge is 0.245 e. The average Bonchev–Trinajstić information content (AvgIpc) is 2.51. The van der Waals surface area contributed by atoms with Crippen LogP contribution in [0.4, 0.5) is 11.8 Å². The number of rotatable bonds is 6. The van der Waals surface area contributed by atoms with E-state index in [1.54, 1.807) is 20.4 Å². The van der Waals surface area contributed by atoms with Gasteiger partial charge in [0, 0.05) is 12.1 Å². The van der Waals surface area contributed by atoms with Crippen LogP contribution in [0, 0.1) is 0 Å². The van der Waals surface area contributed by atoms with Crippen molar-refractivity contribution in [1.29, 1.82) is 0 Å². The zero-order chi connectivity index (χ0) is 16.9.